The third-order valence-corrected chi connectivity index (χ3v) is 4.93. The van der Waals surface area contributed by atoms with Gasteiger partial charge in [0.15, 0.2) is 6.04 Å². The van der Waals surface area contributed by atoms with Crippen molar-refractivity contribution in [2.45, 2.75) is 19.0 Å². The van der Waals surface area contributed by atoms with E-state index in [0.29, 0.717) is 5.56 Å². The fourth-order valence-electron chi connectivity index (χ4n) is 3.54. The van der Waals surface area contributed by atoms with Crippen molar-refractivity contribution in [1.29, 1.82) is 0 Å². The van der Waals surface area contributed by atoms with E-state index in [4.69, 9.17) is 0 Å². The summed E-state index contributed by atoms with van der Waals surface area (Å²) in [7, 11) is 0. The molecule has 0 unspecified atom stereocenters. The van der Waals surface area contributed by atoms with Crippen molar-refractivity contribution in [1.82, 2.24) is 10.7 Å². The number of hydrazone groups is 1. The molecule has 1 fully saturated rings. The Kier molecular flexibility index (Phi) is 5.20. The highest BCUT2D eigenvalue weighted by Gasteiger charge is 2.47. The molecule has 2 atom stereocenters. The highest BCUT2D eigenvalue weighted by molar-refractivity contribution is 5.98. The zero-order chi connectivity index (χ0) is 20.2. The molecule has 5 heteroatoms. The van der Waals surface area contributed by atoms with Crippen LogP contribution in [0, 0.1) is 6.92 Å². The number of nitrogens with zero attached hydrogens (tertiary/aromatic N) is 1. The number of carbonyl (C=O) groups excluding carboxylic acids is 2. The first kappa shape index (κ1) is 18.6. The number of carbonyl (C=O) groups is 2. The molecule has 0 radical (unpaired) electrons. The fourth-order valence-corrected chi connectivity index (χ4v) is 3.54. The second-order valence-corrected chi connectivity index (χ2v) is 7.10. The van der Waals surface area contributed by atoms with Gasteiger partial charge in [-0.05, 0) is 31.2 Å². The summed E-state index contributed by atoms with van der Waals surface area (Å²) in [5.74, 6) is -0.511. The number of hydrogen-bond acceptors (Lipinski definition) is 2. The van der Waals surface area contributed by atoms with Crippen LogP contribution in [-0.2, 0) is 4.79 Å². The topological polar surface area (TPSA) is 61.2 Å². The van der Waals surface area contributed by atoms with Gasteiger partial charge >= 0.3 is 5.91 Å². The van der Waals surface area contributed by atoms with E-state index in [2.05, 4.69) is 10.7 Å². The summed E-state index contributed by atoms with van der Waals surface area (Å²) in [5, 5.41) is 2.92. The molecule has 0 saturated carbocycles. The zero-order valence-electron chi connectivity index (χ0n) is 16.1. The van der Waals surface area contributed by atoms with E-state index in [9.17, 15) is 9.59 Å². The average Bonchev–Trinajstić information content (AvgIpc) is 3.04. The van der Waals surface area contributed by atoms with E-state index in [-0.39, 0.29) is 17.9 Å². The Morgan fingerprint density at radius 1 is 0.966 bits per heavy atom. The molecule has 1 heterocycles. The number of amides is 2. The summed E-state index contributed by atoms with van der Waals surface area (Å²) in [6.45, 7) is 1.93. The minimum Gasteiger partial charge on any atom is -0.334 e. The maximum absolute atomic E-state index is 12.8. The molecule has 3 aromatic carbocycles. The Balaban J connectivity index is 1.69. The van der Waals surface area contributed by atoms with Crippen molar-refractivity contribution in [2.75, 3.05) is 0 Å². The molecular formula is C24H22N3O2+. The predicted octanol–water partition coefficient (Wildman–Crippen LogP) is 3.01. The Bertz CT molecular complexity index is 1060. The number of benzene rings is 3. The fraction of sp³-hybridized carbons (Fsp3) is 0.125. The number of aryl methyl sites for hydroxylation is 1. The van der Waals surface area contributed by atoms with Gasteiger partial charge in [0, 0.05) is 16.7 Å². The Labute approximate surface area is 169 Å². The van der Waals surface area contributed by atoms with Crippen LogP contribution in [0.5, 0.6) is 0 Å². The van der Waals surface area contributed by atoms with Crippen molar-refractivity contribution in [3.63, 3.8) is 0 Å². The number of nitrogens with one attached hydrogen (secondary N) is 2. The number of hydrazine groups is 1. The van der Waals surface area contributed by atoms with Crippen LogP contribution in [0.25, 0.3) is 0 Å². The summed E-state index contributed by atoms with van der Waals surface area (Å²) >= 11 is 0. The van der Waals surface area contributed by atoms with E-state index in [1.165, 1.54) is 0 Å². The predicted molar refractivity (Wildman–Crippen MR) is 112 cm³/mol. The summed E-state index contributed by atoms with van der Waals surface area (Å²) in [5.41, 5.74) is 6.32. The van der Waals surface area contributed by atoms with Crippen LogP contribution in [0.4, 0.5) is 0 Å². The van der Waals surface area contributed by atoms with Gasteiger partial charge in [-0.1, -0.05) is 66.2 Å². The maximum Gasteiger partial charge on any atom is 0.304 e. The van der Waals surface area contributed by atoms with E-state index in [1.54, 1.807) is 10.8 Å². The molecule has 2 N–H and O–H groups in total. The lowest BCUT2D eigenvalue weighted by atomic mass is 9.99. The molecule has 5 nitrogen and oxygen atoms in total. The van der Waals surface area contributed by atoms with Gasteiger partial charge < -0.3 is 5.32 Å². The molecule has 4 rings (SSSR count). The SMILES string of the molecule is Cc1cccc(C(=O)N[C@H]2C(=O)N/[N+](=C\c3ccccc3)[C@@H]2c2ccccc2)c1. The number of rotatable bonds is 4. The largest absolute Gasteiger partial charge is 0.334 e. The third-order valence-electron chi connectivity index (χ3n) is 4.93. The van der Waals surface area contributed by atoms with Gasteiger partial charge in [-0.2, -0.15) is 0 Å². The van der Waals surface area contributed by atoms with Gasteiger partial charge in [-0.3, -0.25) is 9.59 Å². The maximum atomic E-state index is 12.8. The van der Waals surface area contributed by atoms with Crippen LogP contribution in [0.2, 0.25) is 0 Å². The van der Waals surface area contributed by atoms with Crippen LogP contribution >= 0.6 is 0 Å². The highest BCUT2D eigenvalue weighted by atomic mass is 16.2. The van der Waals surface area contributed by atoms with Crippen LogP contribution in [0.1, 0.15) is 33.1 Å². The van der Waals surface area contributed by atoms with Gasteiger partial charge in [0.2, 0.25) is 12.3 Å². The first-order chi connectivity index (χ1) is 14.1. The molecule has 1 saturated heterocycles. The van der Waals surface area contributed by atoms with Gasteiger partial charge in [0.05, 0.1) is 0 Å². The molecule has 1 aliphatic heterocycles. The normalized spacial score (nSPS) is 19.8. The molecule has 0 aliphatic carbocycles. The van der Waals surface area contributed by atoms with Gasteiger partial charge in [-0.15, -0.1) is 10.1 Å². The molecule has 0 spiro atoms. The lowest BCUT2D eigenvalue weighted by Gasteiger charge is -2.14. The van der Waals surface area contributed by atoms with Gasteiger partial charge in [-0.25, -0.2) is 0 Å². The Hall–Kier alpha value is -3.73. The summed E-state index contributed by atoms with van der Waals surface area (Å²) < 4.78 is 1.77. The molecule has 3 aromatic rings. The first-order valence-electron chi connectivity index (χ1n) is 9.53. The highest BCUT2D eigenvalue weighted by Crippen LogP contribution is 2.25. The van der Waals surface area contributed by atoms with Crippen molar-refractivity contribution in [3.05, 3.63) is 107 Å². The molecule has 0 bridgehead atoms. The second-order valence-electron chi connectivity index (χ2n) is 7.10. The first-order valence-corrected chi connectivity index (χ1v) is 9.53. The average molecular weight is 384 g/mol. The van der Waals surface area contributed by atoms with E-state index >= 15 is 0 Å². The van der Waals surface area contributed by atoms with Crippen molar-refractivity contribution in [2.24, 2.45) is 0 Å². The molecule has 29 heavy (non-hydrogen) atoms. The quantitative estimate of drug-likeness (QED) is 0.680. The monoisotopic (exact) mass is 384 g/mol. The zero-order valence-corrected chi connectivity index (χ0v) is 16.1. The molecule has 144 valence electrons. The van der Waals surface area contributed by atoms with E-state index < -0.39 is 6.04 Å². The third kappa shape index (κ3) is 4.09. The Morgan fingerprint density at radius 3 is 2.34 bits per heavy atom. The van der Waals surface area contributed by atoms with Crippen LogP contribution in [0.15, 0.2) is 84.9 Å². The number of hydrogen-bond donors (Lipinski definition) is 2. The lowest BCUT2D eigenvalue weighted by molar-refractivity contribution is -0.596. The van der Waals surface area contributed by atoms with Crippen molar-refractivity contribution < 1.29 is 14.3 Å². The molecule has 2 amide bonds. The molecular weight excluding hydrogens is 362 g/mol. The molecule has 1 aliphatic rings. The summed E-state index contributed by atoms with van der Waals surface area (Å²) in [6.07, 6.45) is 1.88. The summed E-state index contributed by atoms with van der Waals surface area (Å²) in [4.78, 5) is 25.6. The van der Waals surface area contributed by atoms with Crippen LogP contribution in [0.3, 0.4) is 0 Å². The van der Waals surface area contributed by atoms with Crippen LogP contribution in [-0.4, -0.2) is 28.8 Å². The van der Waals surface area contributed by atoms with Gasteiger partial charge in [0.1, 0.15) is 0 Å². The smallest absolute Gasteiger partial charge is 0.304 e. The minimum absolute atomic E-state index is 0.243. The lowest BCUT2D eigenvalue weighted by Crippen LogP contribution is -2.42. The van der Waals surface area contributed by atoms with Crippen LogP contribution < -0.4 is 10.7 Å². The minimum atomic E-state index is -0.717. The Morgan fingerprint density at radius 2 is 1.66 bits per heavy atom. The van der Waals surface area contributed by atoms with E-state index in [1.807, 2.05) is 92.0 Å². The van der Waals surface area contributed by atoms with Crippen molar-refractivity contribution in [3.8, 4) is 0 Å². The van der Waals surface area contributed by atoms with E-state index in [0.717, 1.165) is 16.7 Å². The van der Waals surface area contributed by atoms with Gasteiger partial charge in [0.25, 0.3) is 5.91 Å². The second kappa shape index (κ2) is 8.10. The van der Waals surface area contributed by atoms with Crippen molar-refractivity contribution >= 4 is 18.0 Å². The standard InChI is InChI=1S/C24H21N3O2/c1-17-9-8-14-20(15-17)23(28)25-21-22(19-12-6-3-7-13-19)27(26-24(21)29)16-18-10-4-2-5-11-18/h2-16,21-22H,1H3,(H-,25,26,28,29)/p+1/b27-16-/t21-,22-/m1/s1. The molecule has 0 aromatic heterocycles. The summed E-state index contributed by atoms with van der Waals surface area (Å²) in [6, 6.07) is 25.7.